The maximum atomic E-state index is 11.8. The molecule has 1 aromatic heterocycles. The number of halogens is 1. The number of fused-ring (bicyclic) bond motifs is 1. The molecule has 20 heavy (non-hydrogen) atoms. The Hall–Kier alpha value is -1.61. The molecule has 0 fully saturated rings. The van der Waals surface area contributed by atoms with Gasteiger partial charge in [-0.15, -0.1) is 0 Å². The van der Waals surface area contributed by atoms with Gasteiger partial charge >= 0.3 is 5.97 Å². The number of carbonyl (C=O) groups excluding carboxylic acids is 1. The molecule has 0 radical (unpaired) electrons. The van der Waals surface area contributed by atoms with E-state index in [-0.39, 0.29) is 5.97 Å². The number of esters is 1. The molecule has 0 spiro atoms. The molecule has 4 heteroatoms. The monoisotopic (exact) mass is 291 g/mol. The normalized spacial score (nSPS) is 10.8. The summed E-state index contributed by atoms with van der Waals surface area (Å²) >= 11 is 6.49. The van der Waals surface area contributed by atoms with Gasteiger partial charge in [0, 0.05) is 11.1 Å². The van der Waals surface area contributed by atoms with Gasteiger partial charge in [0.1, 0.15) is 0 Å². The number of hydrogen-bond donors (Lipinski definition) is 0. The van der Waals surface area contributed by atoms with E-state index in [1.54, 1.807) is 19.1 Å². The standard InChI is InChI=1S/C16H18ClNO2/c1-4-6-12-10(3)18-14-8-7-11(16(19)20-5-2)9-13(14)15(12)17/h7-9H,4-6H2,1-3H3. The molecule has 1 aromatic carbocycles. The number of aryl methyl sites for hydroxylation is 1. The summed E-state index contributed by atoms with van der Waals surface area (Å²) in [7, 11) is 0. The van der Waals surface area contributed by atoms with E-state index >= 15 is 0 Å². The van der Waals surface area contributed by atoms with Crippen LogP contribution in [0.15, 0.2) is 18.2 Å². The fourth-order valence-electron chi connectivity index (χ4n) is 2.26. The minimum absolute atomic E-state index is 0.330. The second-order valence-corrected chi connectivity index (χ2v) is 5.07. The smallest absolute Gasteiger partial charge is 0.338 e. The zero-order valence-corrected chi connectivity index (χ0v) is 12.8. The van der Waals surface area contributed by atoms with Crippen molar-refractivity contribution in [2.45, 2.75) is 33.6 Å². The van der Waals surface area contributed by atoms with Crippen LogP contribution >= 0.6 is 11.6 Å². The maximum Gasteiger partial charge on any atom is 0.338 e. The number of carbonyl (C=O) groups is 1. The number of rotatable bonds is 4. The van der Waals surface area contributed by atoms with Crippen LogP contribution in [0.2, 0.25) is 5.02 Å². The summed E-state index contributed by atoms with van der Waals surface area (Å²) in [6.45, 7) is 6.22. The summed E-state index contributed by atoms with van der Waals surface area (Å²) in [5.41, 5.74) is 3.32. The Morgan fingerprint density at radius 1 is 1.35 bits per heavy atom. The molecule has 0 aliphatic rings. The molecule has 106 valence electrons. The third-order valence-corrected chi connectivity index (χ3v) is 3.67. The van der Waals surface area contributed by atoms with E-state index in [2.05, 4.69) is 11.9 Å². The highest BCUT2D eigenvalue weighted by Crippen LogP contribution is 2.30. The lowest BCUT2D eigenvalue weighted by Crippen LogP contribution is -2.05. The largest absolute Gasteiger partial charge is 0.462 e. The topological polar surface area (TPSA) is 39.2 Å². The molecule has 0 bridgehead atoms. The highest BCUT2D eigenvalue weighted by molar-refractivity contribution is 6.36. The summed E-state index contributed by atoms with van der Waals surface area (Å²) in [6, 6.07) is 5.31. The summed E-state index contributed by atoms with van der Waals surface area (Å²) < 4.78 is 5.02. The number of benzene rings is 1. The van der Waals surface area contributed by atoms with Crippen LogP contribution in [0.1, 0.15) is 41.9 Å². The Morgan fingerprint density at radius 2 is 2.10 bits per heavy atom. The zero-order chi connectivity index (χ0) is 14.7. The van der Waals surface area contributed by atoms with Gasteiger partial charge in [-0.2, -0.15) is 0 Å². The van der Waals surface area contributed by atoms with Crippen molar-refractivity contribution in [3.63, 3.8) is 0 Å². The molecule has 3 nitrogen and oxygen atoms in total. The van der Waals surface area contributed by atoms with Crippen molar-refractivity contribution in [3.8, 4) is 0 Å². The quantitative estimate of drug-likeness (QED) is 0.787. The van der Waals surface area contributed by atoms with Crippen LogP contribution in [-0.4, -0.2) is 17.6 Å². The van der Waals surface area contributed by atoms with Gasteiger partial charge in [-0.25, -0.2) is 4.79 Å². The molecular weight excluding hydrogens is 274 g/mol. The van der Waals surface area contributed by atoms with Crippen LogP contribution in [0.4, 0.5) is 0 Å². The van der Waals surface area contributed by atoms with Gasteiger partial charge in [-0.1, -0.05) is 24.9 Å². The number of ether oxygens (including phenoxy) is 1. The van der Waals surface area contributed by atoms with Crippen LogP contribution in [0.3, 0.4) is 0 Å². The lowest BCUT2D eigenvalue weighted by molar-refractivity contribution is 0.0526. The van der Waals surface area contributed by atoms with Crippen molar-refractivity contribution in [1.82, 2.24) is 4.98 Å². The predicted molar refractivity (Wildman–Crippen MR) is 81.4 cm³/mol. The minimum Gasteiger partial charge on any atom is -0.462 e. The van der Waals surface area contributed by atoms with Gasteiger partial charge in [0.05, 0.1) is 22.7 Å². The highest BCUT2D eigenvalue weighted by Gasteiger charge is 2.13. The SMILES string of the molecule is CCCc1c(C)nc2ccc(C(=O)OCC)cc2c1Cl. The summed E-state index contributed by atoms with van der Waals surface area (Å²) in [5, 5.41) is 1.51. The molecule has 0 saturated carbocycles. The Balaban J connectivity index is 2.58. The van der Waals surface area contributed by atoms with E-state index in [9.17, 15) is 4.79 Å². The van der Waals surface area contributed by atoms with Crippen molar-refractivity contribution in [1.29, 1.82) is 0 Å². The Bertz CT molecular complexity index is 652. The summed E-state index contributed by atoms with van der Waals surface area (Å²) in [5.74, 6) is -0.330. The van der Waals surface area contributed by atoms with E-state index in [1.807, 2.05) is 13.0 Å². The molecule has 0 saturated heterocycles. The number of hydrogen-bond acceptors (Lipinski definition) is 3. The van der Waals surface area contributed by atoms with Crippen LogP contribution in [0.25, 0.3) is 10.9 Å². The average molecular weight is 292 g/mol. The van der Waals surface area contributed by atoms with Crippen molar-refractivity contribution in [2.24, 2.45) is 0 Å². The first kappa shape index (κ1) is 14.8. The number of aromatic nitrogens is 1. The van der Waals surface area contributed by atoms with E-state index in [1.165, 1.54) is 0 Å². The molecule has 2 rings (SSSR count). The Kier molecular flexibility index (Phi) is 4.61. The second-order valence-electron chi connectivity index (χ2n) is 4.69. The molecule has 0 unspecified atom stereocenters. The Labute approximate surface area is 123 Å². The van der Waals surface area contributed by atoms with Crippen molar-refractivity contribution >= 4 is 28.5 Å². The van der Waals surface area contributed by atoms with E-state index in [4.69, 9.17) is 16.3 Å². The highest BCUT2D eigenvalue weighted by atomic mass is 35.5. The zero-order valence-electron chi connectivity index (χ0n) is 12.0. The molecule has 1 heterocycles. The van der Waals surface area contributed by atoms with Crippen molar-refractivity contribution < 1.29 is 9.53 Å². The predicted octanol–water partition coefficient (Wildman–Crippen LogP) is 4.33. The fourth-order valence-corrected chi connectivity index (χ4v) is 2.64. The molecule has 0 aliphatic carbocycles. The van der Waals surface area contributed by atoms with Crippen molar-refractivity contribution in [2.75, 3.05) is 6.61 Å². The molecule has 0 amide bonds. The van der Waals surface area contributed by atoms with Gasteiger partial charge in [-0.05, 0) is 44.0 Å². The molecular formula is C16H18ClNO2. The van der Waals surface area contributed by atoms with Crippen LogP contribution < -0.4 is 0 Å². The third-order valence-electron chi connectivity index (χ3n) is 3.23. The molecule has 0 aliphatic heterocycles. The van der Waals surface area contributed by atoms with Gasteiger partial charge in [0.15, 0.2) is 0 Å². The molecule has 0 atom stereocenters. The van der Waals surface area contributed by atoms with E-state index in [0.717, 1.165) is 35.0 Å². The molecule has 0 N–H and O–H groups in total. The van der Waals surface area contributed by atoms with Gasteiger partial charge in [-0.3, -0.25) is 4.98 Å². The number of nitrogens with zero attached hydrogens (tertiary/aromatic N) is 1. The minimum atomic E-state index is -0.330. The Morgan fingerprint density at radius 3 is 2.75 bits per heavy atom. The van der Waals surface area contributed by atoms with E-state index in [0.29, 0.717) is 17.2 Å². The third kappa shape index (κ3) is 2.78. The average Bonchev–Trinajstić information content (AvgIpc) is 2.43. The van der Waals surface area contributed by atoms with Crippen LogP contribution in [0, 0.1) is 6.92 Å². The lowest BCUT2D eigenvalue weighted by Gasteiger charge is -2.11. The van der Waals surface area contributed by atoms with Gasteiger partial charge in [0.25, 0.3) is 0 Å². The first-order valence-electron chi connectivity index (χ1n) is 6.84. The van der Waals surface area contributed by atoms with Gasteiger partial charge < -0.3 is 4.74 Å². The number of pyridine rings is 1. The fraction of sp³-hybridized carbons (Fsp3) is 0.375. The second kappa shape index (κ2) is 6.23. The first-order valence-corrected chi connectivity index (χ1v) is 7.22. The van der Waals surface area contributed by atoms with Crippen LogP contribution in [-0.2, 0) is 11.2 Å². The first-order chi connectivity index (χ1) is 9.58. The van der Waals surface area contributed by atoms with Gasteiger partial charge in [0.2, 0.25) is 0 Å². The summed E-state index contributed by atoms with van der Waals surface area (Å²) in [4.78, 5) is 16.4. The summed E-state index contributed by atoms with van der Waals surface area (Å²) in [6.07, 6.45) is 1.89. The van der Waals surface area contributed by atoms with Crippen molar-refractivity contribution in [3.05, 3.63) is 40.0 Å². The van der Waals surface area contributed by atoms with E-state index < -0.39 is 0 Å². The molecule has 2 aromatic rings. The van der Waals surface area contributed by atoms with Crippen LogP contribution in [0.5, 0.6) is 0 Å². The lowest BCUT2D eigenvalue weighted by atomic mass is 10.0. The maximum absolute atomic E-state index is 11.8.